The van der Waals surface area contributed by atoms with Crippen molar-refractivity contribution in [3.05, 3.63) is 29.8 Å². The second-order valence-corrected chi connectivity index (χ2v) is 5.94. The SMILES string of the molecule is CC(C)c1ccc(-c2nnn([C@@H]3CCCCC3=O)n2)cc1. The lowest BCUT2D eigenvalue weighted by Crippen LogP contribution is -2.25. The van der Waals surface area contributed by atoms with Gasteiger partial charge in [-0.15, -0.1) is 10.2 Å². The van der Waals surface area contributed by atoms with Crippen LogP contribution in [-0.2, 0) is 4.79 Å². The molecule has 1 aliphatic rings. The van der Waals surface area contributed by atoms with Crippen molar-refractivity contribution in [3.63, 3.8) is 0 Å². The highest BCUT2D eigenvalue weighted by molar-refractivity contribution is 5.82. The second-order valence-electron chi connectivity index (χ2n) is 5.94. The van der Waals surface area contributed by atoms with Crippen LogP contribution in [0.1, 0.15) is 57.1 Å². The molecule has 1 aromatic heterocycles. The summed E-state index contributed by atoms with van der Waals surface area (Å²) in [4.78, 5) is 13.4. The molecule has 3 rings (SSSR count). The smallest absolute Gasteiger partial charge is 0.204 e. The number of carbonyl (C=O) groups is 1. The zero-order chi connectivity index (χ0) is 14.8. The van der Waals surface area contributed by atoms with Gasteiger partial charge in [0.05, 0.1) is 0 Å². The van der Waals surface area contributed by atoms with Gasteiger partial charge < -0.3 is 0 Å². The van der Waals surface area contributed by atoms with Gasteiger partial charge in [-0.1, -0.05) is 44.5 Å². The molecule has 0 spiro atoms. The number of aromatic nitrogens is 4. The summed E-state index contributed by atoms with van der Waals surface area (Å²) in [7, 11) is 0. The highest BCUT2D eigenvalue weighted by atomic mass is 16.1. The van der Waals surface area contributed by atoms with Crippen molar-refractivity contribution < 1.29 is 4.79 Å². The minimum Gasteiger partial charge on any atom is -0.297 e. The topological polar surface area (TPSA) is 60.7 Å². The minimum atomic E-state index is -0.227. The summed E-state index contributed by atoms with van der Waals surface area (Å²) >= 11 is 0. The van der Waals surface area contributed by atoms with E-state index in [1.54, 1.807) is 0 Å². The maximum Gasteiger partial charge on any atom is 0.204 e. The molecule has 1 heterocycles. The van der Waals surface area contributed by atoms with Crippen LogP contribution in [0.4, 0.5) is 0 Å². The fourth-order valence-electron chi connectivity index (χ4n) is 2.70. The number of hydrogen-bond donors (Lipinski definition) is 0. The first-order valence-electron chi connectivity index (χ1n) is 7.57. The molecule has 1 atom stereocenters. The average Bonchev–Trinajstić information content (AvgIpc) is 2.97. The number of tetrazole rings is 1. The maximum absolute atomic E-state index is 11.9. The summed E-state index contributed by atoms with van der Waals surface area (Å²) in [6, 6.07) is 7.98. The lowest BCUT2D eigenvalue weighted by atomic mass is 9.95. The molecule has 5 nitrogen and oxygen atoms in total. The number of rotatable bonds is 3. The van der Waals surface area contributed by atoms with E-state index in [9.17, 15) is 4.79 Å². The summed E-state index contributed by atoms with van der Waals surface area (Å²) in [5, 5.41) is 12.6. The highest BCUT2D eigenvalue weighted by Gasteiger charge is 2.26. The van der Waals surface area contributed by atoms with Gasteiger partial charge in [0.2, 0.25) is 5.82 Å². The molecule has 0 N–H and O–H groups in total. The molecular formula is C16H20N4O. The van der Waals surface area contributed by atoms with Crippen LogP contribution in [0.15, 0.2) is 24.3 Å². The molecule has 5 heteroatoms. The molecule has 0 unspecified atom stereocenters. The Kier molecular flexibility index (Phi) is 3.82. The minimum absolute atomic E-state index is 0.223. The number of Topliss-reactive ketones (excluding diaryl/α,β-unsaturated/α-hetero) is 1. The Bertz CT molecular complexity index is 630. The van der Waals surface area contributed by atoms with E-state index in [0.717, 1.165) is 24.8 Å². The largest absolute Gasteiger partial charge is 0.297 e. The van der Waals surface area contributed by atoms with E-state index in [1.807, 2.05) is 12.1 Å². The molecule has 110 valence electrons. The second kappa shape index (κ2) is 5.76. The van der Waals surface area contributed by atoms with Gasteiger partial charge in [-0.2, -0.15) is 4.80 Å². The van der Waals surface area contributed by atoms with Crippen LogP contribution in [-0.4, -0.2) is 26.0 Å². The first-order valence-corrected chi connectivity index (χ1v) is 7.57. The molecule has 0 bridgehead atoms. The zero-order valence-corrected chi connectivity index (χ0v) is 12.5. The molecule has 0 amide bonds. The monoisotopic (exact) mass is 284 g/mol. The molecule has 1 aliphatic carbocycles. The lowest BCUT2D eigenvalue weighted by molar-refractivity contribution is -0.124. The molecule has 1 fully saturated rings. The lowest BCUT2D eigenvalue weighted by Gasteiger charge is -2.18. The first kappa shape index (κ1) is 13.9. The third-order valence-corrected chi connectivity index (χ3v) is 4.06. The highest BCUT2D eigenvalue weighted by Crippen LogP contribution is 2.25. The normalized spacial score (nSPS) is 19.2. The fraction of sp³-hybridized carbons (Fsp3) is 0.500. The standard InChI is InChI=1S/C16H20N4O/c1-11(2)12-7-9-13(10-8-12)16-17-19-20(18-16)14-5-3-4-6-15(14)21/h7-11,14H,3-6H2,1-2H3/t14-/m1/s1. The number of benzene rings is 1. The van der Waals surface area contributed by atoms with E-state index in [0.29, 0.717) is 18.2 Å². The Morgan fingerprint density at radius 3 is 2.62 bits per heavy atom. The number of carbonyl (C=O) groups excluding carboxylic acids is 1. The van der Waals surface area contributed by atoms with Gasteiger partial charge in [0, 0.05) is 12.0 Å². The van der Waals surface area contributed by atoms with E-state index in [1.165, 1.54) is 10.4 Å². The van der Waals surface area contributed by atoms with Gasteiger partial charge in [-0.25, -0.2) is 0 Å². The van der Waals surface area contributed by atoms with E-state index in [2.05, 4.69) is 41.4 Å². The number of hydrogen-bond acceptors (Lipinski definition) is 4. The molecule has 1 aromatic carbocycles. The fourth-order valence-corrected chi connectivity index (χ4v) is 2.70. The van der Waals surface area contributed by atoms with E-state index < -0.39 is 0 Å². The summed E-state index contributed by atoms with van der Waals surface area (Å²) in [6.07, 6.45) is 3.48. The van der Waals surface area contributed by atoms with E-state index >= 15 is 0 Å². The summed E-state index contributed by atoms with van der Waals surface area (Å²) < 4.78 is 0. The third-order valence-electron chi connectivity index (χ3n) is 4.06. The maximum atomic E-state index is 11.9. The van der Waals surface area contributed by atoms with Gasteiger partial charge in [0.1, 0.15) is 6.04 Å². The Labute approximate surface area is 124 Å². The van der Waals surface area contributed by atoms with Gasteiger partial charge in [0.25, 0.3) is 0 Å². The molecule has 0 radical (unpaired) electrons. The average molecular weight is 284 g/mol. The van der Waals surface area contributed by atoms with Crippen LogP contribution in [0.2, 0.25) is 0 Å². The van der Waals surface area contributed by atoms with Crippen LogP contribution in [0, 0.1) is 0 Å². The number of nitrogens with zero attached hydrogens (tertiary/aromatic N) is 4. The Hall–Kier alpha value is -2.04. The van der Waals surface area contributed by atoms with Gasteiger partial charge in [-0.3, -0.25) is 4.79 Å². The van der Waals surface area contributed by atoms with E-state index in [4.69, 9.17) is 0 Å². The molecular weight excluding hydrogens is 264 g/mol. The molecule has 0 aliphatic heterocycles. The van der Waals surface area contributed by atoms with Crippen molar-refractivity contribution in [2.45, 2.75) is 51.5 Å². The molecule has 0 saturated heterocycles. The first-order chi connectivity index (χ1) is 10.1. The predicted octanol–water partition coefficient (Wildman–Crippen LogP) is 3.15. The summed E-state index contributed by atoms with van der Waals surface area (Å²) in [5.74, 6) is 1.31. The molecule has 1 saturated carbocycles. The Morgan fingerprint density at radius 2 is 1.95 bits per heavy atom. The summed E-state index contributed by atoms with van der Waals surface area (Å²) in [5.41, 5.74) is 2.22. The van der Waals surface area contributed by atoms with Crippen molar-refractivity contribution >= 4 is 5.78 Å². The molecule has 21 heavy (non-hydrogen) atoms. The van der Waals surface area contributed by atoms with Crippen molar-refractivity contribution in [2.75, 3.05) is 0 Å². The van der Waals surface area contributed by atoms with Crippen LogP contribution in [0.5, 0.6) is 0 Å². The third kappa shape index (κ3) is 2.86. The zero-order valence-electron chi connectivity index (χ0n) is 12.5. The van der Waals surface area contributed by atoms with Crippen LogP contribution >= 0.6 is 0 Å². The Morgan fingerprint density at radius 1 is 1.19 bits per heavy atom. The van der Waals surface area contributed by atoms with Crippen molar-refractivity contribution in [2.24, 2.45) is 0 Å². The van der Waals surface area contributed by atoms with Crippen molar-refractivity contribution in [3.8, 4) is 11.4 Å². The van der Waals surface area contributed by atoms with Crippen molar-refractivity contribution in [1.29, 1.82) is 0 Å². The number of ketones is 1. The van der Waals surface area contributed by atoms with Gasteiger partial charge in [-0.05, 0) is 29.5 Å². The summed E-state index contributed by atoms with van der Waals surface area (Å²) in [6.45, 7) is 4.33. The predicted molar refractivity (Wildman–Crippen MR) is 79.9 cm³/mol. The van der Waals surface area contributed by atoms with Gasteiger partial charge >= 0.3 is 0 Å². The quantitative estimate of drug-likeness (QED) is 0.868. The van der Waals surface area contributed by atoms with Crippen LogP contribution < -0.4 is 0 Å². The Balaban J connectivity index is 1.82. The molecule has 2 aromatic rings. The van der Waals surface area contributed by atoms with Crippen LogP contribution in [0.25, 0.3) is 11.4 Å². The van der Waals surface area contributed by atoms with Gasteiger partial charge in [0.15, 0.2) is 5.78 Å². The van der Waals surface area contributed by atoms with Crippen molar-refractivity contribution in [1.82, 2.24) is 20.2 Å². The van der Waals surface area contributed by atoms with E-state index in [-0.39, 0.29) is 11.8 Å². The van der Waals surface area contributed by atoms with Crippen LogP contribution in [0.3, 0.4) is 0 Å².